The predicted octanol–water partition coefficient (Wildman–Crippen LogP) is 3.42. The lowest BCUT2D eigenvalue weighted by molar-refractivity contribution is -0.159. The lowest BCUT2D eigenvalue weighted by Crippen LogP contribution is -2.57. The number of carbonyl (C=O) groups excluding carboxylic acids is 2. The number of nitrogens with one attached hydrogen (secondary N) is 2. The van der Waals surface area contributed by atoms with E-state index in [1.54, 1.807) is 24.3 Å². The normalized spacial score (nSPS) is 23.2. The number of nitrogens with zero attached hydrogens (tertiary/aromatic N) is 1. The van der Waals surface area contributed by atoms with Gasteiger partial charge in [-0.05, 0) is 49.1 Å². The molecular formula is C25H31N3O4. The van der Waals surface area contributed by atoms with Gasteiger partial charge in [-0.25, -0.2) is 0 Å². The highest BCUT2D eigenvalue weighted by Crippen LogP contribution is 2.38. The van der Waals surface area contributed by atoms with Crippen LogP contribution < -0.4 is 10.6 Å². The Kier molecular flexibility index (Phi) is 7.19. The summed E-state index contributed by atoms with van der Waals surface area (Å²) >= 11 is 0. The molecule has 2 aromatic carbocycles. The molecule has 0 unspecified atom stereocenters. The van der Waals surface area contributed by atoms with Crippen LogP contribution in [0, 0.1) is 0 Å². The molecule has 1 spiro atoms. The van der Waals surface area contributed by atoms with E-state index in [9.17, 15) is 9.59 Å². The fourth-order valence-corrected chi connectivity index (χ4v) is 4.53. The molecule has 4 rings (SSSR count). The minimum Gasteiger partial charge on any atom is -0.372 e. The van der Waals surface area contributed by atoms with Crippen LogP contribution in [0.5, 0.6) is 0 Å². The summed E-state index contributed by atoms with van der Waals surface area (Å²) in [7, 11) is 0. The Morgan fingerprint density at radius 2 is 1.78 bits per heavy atom. The van der Waals surface area contributed by atoms with E-state index in [-0.39, 0.29) is 23.5 Å². The van der Waals surface area contributed by atoms with E-state index in [2.05, 4.69) is 27.7 Å². The highest BCUT2D eigenvalue weighted by molar-refractivity contribution is 5.93. The summed E-state index contributed by atoms with van der Waals surface area (Å²) in [4.78, 5) is 25.9. The molecule has 7 nitrogen and oxygen atoms in total. The Morgan fingerprint density at radius 1 is 1.06 bits per heavy atom. The lowest BCUT2D eigenvalue weighted by Gasteiger charge is -2.44. The summed E-state index contributed by atoms with van der Waals surface area (Å²) in [6, 6.07) is 17.3. The Balaban J connectivity index is 1.33. The van der Waals surface area contributed by atoms with Gasteiger partial charge in [0.15, 0.2) is 0 Å². The van der Waals surface area contributed by atoms with Crippen molar-refractivity contribution in [2.75, 3.05) is 36.9 Å². The second kappa shape index (κ2) is 10.3. The van der Waals surface area contributed by atoms with Crippen molar-refractivity contribution in [3.05, 3.63) is 60.2 Å². The fourth-order valence-electron chi connectivity index (χ4n) is 4.53. The number of rotatable bonds is 7. The minimum absolute atomic E-state index is 0.0660. The van der Waals surface area contributed by atoms with Gasteiger partial charge in [0.1, 0.15) is 0 Å². The number of amides is 2. The number of likely N-dealkylation sites (tertiary alicyclic amines) is 1. The quantitative estimate of drug-likeness (QED) is 0.694. The van der Waals surface area contributed by atoms with Gasteiger partial charge in [0.05, 0.1) is 24.9 Å². The average molecular weight is 438 g/mol. The zero-order valence-corrected chi connectivity index (χ0v) is 18.5. The standard InChI is InChI=1S/C25H31N3O4/c1-19(29)26-21-8-10-22(11-9-21)27-24(30)17-28-14-13-25(12-5-15-32-25)23(16-28)31-18-20-6-3-2-4-7-20/h2-4,6-11,23H,5,12-18H2,1H3,(H,26,29)(H,27,30)/t23-,25+/m1/s1. The Morgan fingerprint density at radius 3 is 2.44 bits per heavy atom. The molecule has 2 amide bonds. The third kappa shape index (κ3) is 5.73. The van der Waals surface area contributed by atoms with Gasteiger partial charge in [0.2, 0.25) is 11.8 Å². The monoisotopic (exact) mass is 437 g/mol. The largest absolute Gasteiger partial charge is 0.372 e. The summed E-state index contributed by atoms with van der Waals surface area (Å²) < 4.78 is 12.5. The number of hydrogen-bond acceptors (Lipinski definition) is 5. The number of benzene rings is 2. The van der Waals surface area contributed by atoms with Crippen molar-refractivity contribution in [1.29, 1.82) is 0 Å². The van der Waals surface area contributed by atoms with Crippen molar-refractivity contribution in [3.8, 4) is 0 Å². The molecule has 0 aliphatic carbocycles. The maximum Gasteiger partial charge on any atom is 0.238 e. The average Bonchev–Trinajstić information content (AvgIpc) is 3.25. The van der Waals surface area contributed by atoms with Crippen LogP contribution in [0.15, 0.2) is 54.6 Å². The van der Waals surface area contributed by atoms with Crippen molar-refractivity contribution in [3.63, 3.8) is 0 Å². The van der Waals surface area contributed by atoms with Crippen LogP contribution in [-0.2, 0) is 25.7 Å². The van der Waals surface area contributed by atoms with E-state index >= 15 is 0 Å². The second-order valence-electron chi connectivity index (χ2n) is 8.59. The highest BCUT2D eigenvalue weighted by Gasteiger charge is 2.47. The van der Waals surface area contributed by atoms with E-state index in [0.717, 1.165) is 38.0 Å². The van der Waals surface area contributed by atoms with Crippen LogP contribution in [0.2, 0.25) is 0 Å². The maximum atomic E-state index is 12.6. The molecule has 0 aromatic heterocycles. The summed E-state index contributed by atoms with van der Waals surface area (Å²) in [5.74, 6) is -0.192. The number of piperidine rings is 1. The summed E-state index contributed by atoms with van der Waals surface area (Å²) in [6.07, 6.45) is 2.86. The first-order valence-electron chi connectivity index (χ1n) is 11.2. The van der Waals surface area contributed by atoms with Crippen LogP contribution in [0.1, 0.15) is 31.7 Å². The van der Waals surface area contributed by atoms with Gasteiger partial charge >= 0.3 is 0 Å². The number of hydrogen-bond donors (Lipinski definition) is 2. The van der Waals surface area contributed by atoms with Gasteiger partial charge in [0, 0.05) is 38.0 Å². The number of anilines is 2. The molecule has 2 saturated heterocycles. The van der Waals surface area contributed by atoms with Crippen LogP contribution in [0.4, 0.5) is 11.4 Å². The predicted molar refractivity (Wildman–Crippen MR) is 123 cm³/mol. The van der Waals surface area contributed by atoms with Crippen molar-refractivity contribution in [2.45, 2.75) is 44.5 Å². The zero-order chi connectivity index (χ0) is 22.4. The van der Waals surface area contributed by atoms with Crippen molar-refractivity contribution in [2.24, 2.45) is 0 Å². The molecule has 0 radical (unpaired) electrons. The highest BCUT2D eigenvalue weighted by atomic mass is 16.6. The maximum absolute atomic E-state index is 12.6. The van der Waals surface area contributed by atoms with Crippen molar-refractivity contribution >= 4 is 23.2 Å². The van der Waals surface area contributed by atoms with Gasteiger partial charge < -0.3 is 20.1 Å². The first-order valence-corrected chi connectivity index (χ1v) is 11.2. The third-order valence-electron chi connectivity index (χ3n) is 6.15. The fraction of sp³-hybridized carbons (Fsp3) is 0.440. The molecule has 2 N–H and O–H groups in total. The van der Waals surface area contributed by atoms with Crippen molar-refractivity contribution in [1.82, 2.24) is 4.90 Å². The molecule has 0 saturated carbocycles. The first kappa shape index (κ1) is 22.5. The molecule has 2 aliphatic rings. The SMILES string of the molecule is CC(=O)Nc1ccc(NC(=O)CN2CC[C@@]3(CCCO3)[C@H](OCc3ccccc3)C2)cc1. The van der Waals surface area contributed by atoms with Gasteiger partial charge in [0.25, 0.3) is 0 Å². The molecule has 0 bridgehead atoms. The molecule has 2 atom stereocenters. The molecule has 7 heteroatoms. The summed E-state index contributed by atoms with van der Waals surface area (Å²) in [5, 5.41) is 5.66. The minimum atomic E-state index is -0.235. The molecule has 2 fully saturated rings. The van der Waals surface area contributed by atoms with E-state index in [4.69, 9.17) is 9.47 Å². The number of carbonyl (C=O) groups is 2. The molecular weight excluding hydrogens is 406 g/mol. The van der Waals surface area contributed by atoms with Crippen molar-refractivity contribution < 1.29 is 19.1 Å². The topological polar surface area (TPSA) is 79.9 Å². The Labute approximate surface area is 189 Å². The van der Waals surface area contributed by atoms with Gasteiger partial charge in [-0.15, -0.1) is 0 Å². The van der Waals surface area contributed by atoms with E-state index in [1.165, 1.54) is 6.92 Å². The first-order chi connectivity index (χ1) is 15.5. The smallest absolute Gasteiger partial charge is 0.238 e. The van der Waals surface area contributed by atoms with Gasteiger partial charge in [-0.3, -0.25) is 14.5 Å². The Bertz CT molecular complexity index is 911. The summed E-state index contributed by atoms with van der Waals surface area (Å²) in [5.41, 5.74) is 2.31. The van der Waals surface area contributed by atoms with E-state index < -0.39 is 0 Å². The van der Waals surface area contributed by atoms with Crippen LogP contribution in [0.3, 0.4) is 0 Å². The van der Waals surface area contributed by atoms with Crippen LogP contribution >= 0.6 is 0 Å². The zero-order valence-electron chi connectivity index (χ0n) is 18.5. The van der Waals surface area contributed by atoms with E-state index in [0.29, 0.717) is 31.1 Å². The molecule has 2 aromatic rings. The second-order valence-corrected chi connectivity index (χ2v) is 8.59. The van der Waals surface area contributed by atoms with E-state index in [1.807, 2.05) is 18.2 Å². The molecule has 2 heterocycles. The molecule has 2 aliphatic heterocycles. The lowest BCUT2D eigenvalue weighted by atomic mass is 9.85. The van der Waals surface area contributed by atoms with Crippen LogP contribution in [-0.4, -0.2) is 54.7 Å². The van der Waals surface area contributed by atoms with Crippen LogP contribution in [0.25, 0.3) is 0 Å². The van der Waals surface area contributed by atoms with Gasteiger partial charge in [-0.2, -0.15) is 0 Å². The summed E-state index contributed by atoms with van der Waals surface area (Å²) in [6.45, 7) is 4.56. The number of ether oxygens (including phenoxy) is 2. The Hall–Kier alpha value is -2.74. The molecule has 170 valence electrons. The van der Waals surface area contributed by atoms with Gasteiger partial charge in [-0.1, -0.05) is 30.3 Å². The third-order valence-corrected chi connectivity index (χ3v) is 6.15. The molecule has 32 heavy (non-hydrogen) atoms.